The van der Waals surface area contributed by atoms with Crippen molar-refractivity contribution in [2.24, 2.45) is 0 Å². The van der Waals surface area contributed by atoms with Crippen molar-refractivity contribution in [3.8, 4) is 0 Å². The maximum Gasteiger partial charge on any atom is 0.184 e. The topological polar surface area (TPSA) is 3.24 Å². The summed E-state index contributed by atoms with van der Waals surface area (Å²) in [7, 11) is -2.65. The van der Waals surface area contributed by atoms with Crippen LogP contribution < -0.4 is 41.6 Å². The molecule has 1 unspecified atom stereocenters. The fourth-order valence-corrected chi connectivity index (χ4v) is 19.2. The van der Waals surface area contributed by atoms with Crippen molar-refractivity contribution in [2.75, 3.05) is 4.90 Å². The monoisotopic (exact) mass is 671 g/mol. The van der Waals surface area contributed by atoms with Gasteiger partial charge in [-0.1, -0.05) is 169 Å². The highest BCUT2D eigenvalue weighted by molar-refractivity contribution is 8.26. The SMILES string of the molecule is S=P1(c2ccccc2)c2ccccc2Sc2cc(N3c4ccccc4[Si](c4ccccc4)(c4ccccc4)c4ccccc43)ccc21. The standard InChI is InChI=1S/C42H30NPS2Si/c45-44(32-16-4-1-5-17-32)37-24-12-13-25-39(37)46-40-30-31(28-29-38(40)44)43-35-22-10-14-26-41(35)47(33-18-6-2-7-19-33,34-20-8-3-9-21-34)42-27-15-11-23-36(42)43/h1-30H. The molecule has 2 aliphatic rings. The van der Waals surface area contributed by atoms with Crippen LogP contribution >= 0.6 is 17.8 Å². The van der Waals surface area contributed by atoms with Crippen LogP contribution in [-0.4, -0.2) is 8.07 Å². The lowest BCUT2D eigenvalue weighted by molar-refractivity contribution is 1.27. The van der Waals surface area contributed by atoms with Gasteiger partial charge in [-0.15, -0.1) is 0 Å². The van der Waals surface area contributed by atoms with E-state index in [2.05, 4.69) is 187 Å². The Kier molecular flexibility index (Phi) is 6.95. The molecule has 0 N–H and O–H groups in total. The van der Waals surface area contributed by atoms with E-state index in [0.717, 1.165) is 5.69 Å². The lowest BCUT2D eigenvalue weighted by Crippen LogP contribution is -2.77. The van der Waals surface area contributed by atoms with Crippen molar-refractivity contribution in [3.05, 3.63) is 182 Å². The molecule has 0 bridgehead atoms. The Bertz CT molecular complexity index is 2240. The van der Waals surface area contributed by atoms with E-state index in [4.69, 9.17) is 11.8 Å². The molecule has 0 saturated heterocycles. The molecule has 1 nitrogen and oxygen atoms in total. The Morgan fingerprint density at radius 3 is 1.57 bits per heavy atom. The van der Waals surface area contributed by atoms with Gasteiger partial charge < -0.3 is 4.90 Å². The van der Waals surface area contributed by atoms with Crippen molar-refractivity contribution in [1.29, 1.82) is 0 Å². The zero-order valence-electron chi connectivity index (χ0n) is 25.5. The van der Waals surface area contributed by atoms with Crippen molar-refractivity contribution in [3.63, 3.8) is 0 Å². The van der Waals surface area contributed by atoms with E-state index in [1.807, 2.05) is 11.8 Å². The third-order valence-corrected chi connectivity index (χ3v) is 20.9. The van der Waals surface area contributed by atoms with E-state index in [1.54, 1.807) is 0 Å². The molecule has 2 heterocycles. The van der Waals surface area contributed by atoms with Crippen LogP contribution in [0.2, 0.25) is 0 Å². The normalized spacial score (nSPS) is 17.1. The van der Waals surface area contributed by atoms with Crippen LogP contribution in [-0.2, 0) is 11.8 Å². The average molecular weight is 672 g/mol. The molecule has 1 atom stereocenters. The fourth-order valence-electron chi connectivity index (χ4n) is 7.64. The van der Waals surface area contributed by atoms with Gasteiger partial charge in [-0.3, -0.25) is 0 Å². The number of hydrogen-bond donors (Lipinski definition) is 0. The molecule has 224 valence electrons. The molecule has 47 heavy (non-hydrogen) atoms. The first-order chi connectivity index (χ1) is 23.2. The lowest BCUT2D eigenvalue weighted by atomic mass is 10.1. The summed E-state index contributed by atoms with van der Waals surface area (Å²) in [4.78, 5) is 5.02. The van der Waals surface area contributed by atoms with Crippen molar-refractivity contribution >= 4 is 91.4 Å². The molecule has 0 amide bonds. The molecule has 0 aliphatic carbocycles. The molecule has 0 saturated carbocycles. The molecule has 7 aromatic rings. The molecular weight excluding hydrogens is 642 g/mol. The van der Waals surface area contributed by atoms with Crippen LogP contribution in [0.15, 0.2) is 192 Å². The van der Waals surface area contributed by atoms with E-state index in [0.29, 0.717) is 0 Å². The van der Waals surface area contributed by atoms with Gasteiger partial charge in [-0.05, 0) is 62.4 Å². The fraction of sp³-hybridized carbons (Fsp3) is 0. The lowest BCUT2D eigenvalue weighted by Gasteiger charge is -2.45. The maximum absolute atomic E-state index is 6.78. The van der Waals surface area contributed by atoms with Gasteiger partial charge in [0.1, 0.15) is 0 Å². The highest BCUT2D eigenvalue weighted by atomic mass is 32.4. The van der Waals surface area contributed by atoms with Gasteiger partial charge in [0.15, 0.2) is 8.07 Å². The Hall–Kier alpha value is -4.44. The van der Waals surface area contributed by atoms with Crippen molar-refractivity contribution < 1.29 is 0 Å². The van der Waals surface area contributed by atoms with E-state index in [-0.39, 0.29) is 0 Å². The maximum atomic E-state index is 6.78. The Morgan fingerprint density at radius 2 is 0.957 bits per heavy atom. The second kappa shape index (κ2) is 11.4. The number of para-hydroxylation sites is 2. The molecule has 2 aliphatic heterocycles. The second-order valence-electron chi connectivity index (χ2n) is 12.0. The van der Waals surface area contributed by atoms with E-state index >= 15 is 0 Å². The summed E-state index contributed by atoms with van der Waals surface area (Å²) < 4.78 is 0. The van der Waals surface area contributed by atoms with Crippen molar-refractivity contribution in [1.82, 2.24) is 0 Å². The van der Waals surface area contributed by atoms with Gasteiger partial charge in [0.05, 0.1) is 0 Å². The van der Waals surface area contributed by atoms with Crippen LogP contribution in [0.3, 0.4) is 0 Å². The average Bonchev–Trinajstić information content (AvgIpc) is 3.15. The smallest absolute Gasteiger partial charge is 0.184 e. The Balaban J connectivity index is 1.30. The molecule has 0 fully saturated rings. The largest absolute Gasteiger partial charge is 0.311 e. The highest BCUT2D eigenvalue weighted by Gasteiger charge is 2.48. The van der Waals surface area contributed by atoms with E-state index in [9.17, 15) is 0 Å². The first-order valence-electron chi connectivity index (χ1n) is 15.9. The minimum absolute atomic E-state index is 1.16. The van der Waals surface area contributed by atoms with Gasteiger partial charge in [-0.2, -0.15) is 0 Å². The second-order valence-corrected chi connectivity index (χ2v) is 21.2. The molecular formula is C42H30NPS2Si. The van der Waals surface area contributed by atoms with Crippen molar-refractivity contribution in [2.45, 2.75) is 9.79 Å². The minimum Gasteiger partial charge on any atom is -0.311 e. The number of fused-ring (bicyclic) bond motifs is 4. The summed E-state index contributed by atoms with van der Waals surface area (Å²) in [6.45, 7) is 0. The quantitative estimate of drug-likeness (QED) is 0.146. The zero-order valence-corrected chi connectivity index (χ0v) is 29.1. The van der Waals surface area contributed by atoms with Gasteiger partial charge in [0, 0.05) is 43.5 Å². The van der Waals surface area contributed by atoms with Crippen LogP contribution in [0, 0.1) is 0 Å². The number of rotatable bonds is 4. The van der Waals surface area contributed by atoms with Gasteiger partial charge in [-0.25, -0.2) is 0 Å². The molecule has 9 rings (SSSR count). The third-order valence-electron chi connectivity index (χ3n) is 9.60. The van der Waals surface area contributed by atoms with Crippen LogP contribution in [0.1, 0.15) is 0 Å². The van der Waals surface area contributed by atoms with Crippen LogP contribution in [0.5, 0.6) is 0 Å². The summed E-state index contributed by atoms with van der Waals surface area (Å²) in [5, 5.41) is 9.41. The summed E-state index contributed by atoms with van der Waals surface area (Å²) in [6.07, 6.45) is 0. The van der Waals surface area contributed by atoms with E-state index < -0.39 is 14.1 Å². The summed E-state index contributed by atoms with van der Waals surface area (Å²) >= 11 is 8.64. The van der Waals surface area contributed by atoms with Gasteiger partial charge in [0.25, 0.3) is 0 Å². The number of anilines is 3. The molecule has 0 spiro atoms. The number of hydrogen-bond acceptors (Lipinski definition) is 3. The predicted molar refractivity (Wildman–Crippen MR) is 208 cm³/mol. The Morgan fingerprint density at radius 1 is 0.468 bits per heavy atom. The molecule has 0 aromatic heterocycles. The van der Waals surface area contributed by atoms with Crippen LogP contribution in [0.4, 0.5) is 17.1 Å². The third kappa shape index (κ3) is 4.26. The Labute approximate surface area is 286 Å². The summed E-state index contributed by atoms with van der Waals surface area (Å²) in [5.74, 6) is 0. The highest BCUT2D eigenvalue weighted by Crippen LogP contribution is 2.53. The van der Waals surface area contributed by atoms with Crippen LogP contribution in [0.25, 0.3) is 0 Å². The number of nitrogens with zero attached hydrogens (tertiary/aromatic N) is 1. The number of benzene rings is 7. The van der Waals surface area contributed by atoms with Gasteiger partial charge in [0.2, 0.25) is 0 Å². The van der Waals surface area contributed by atoms with E-state index in [1.165, 1.54) is 57.8 Å². The zero-order chi connectivity index (χ0) is 31.4. The summed E-state index contributed by atoms with van der Waals surface area (Å²) in [5.41, 5.74) is 3.65. The molecule has 0 radical (unpaired) electrons. The first kappa shape index (κ1) is 28.8. The van der Waals surface area contributed by atoms with Gasteiger partial charge >= 0.3 is 0 Å². The first-order valence-corrected chi connectivity index (χ1v) is 21.5. The molecule has 7 aromatic carbocycles. The predicted octanol–water partition coefficient (Wildman–Crippen LogP) is 7.07. The minimum atomic E-state index is -2.65. The molecule has 5 heteroatoms. The summed E-state index contributed by atoms with van der Waals surface area (Å²) in [6, 6.07) is 64.9.